The average Bonchev–Trinajstić information content (AvgIpc) is 2.80. The van der Waals surface area contributed by atoms with E-state index in [9.17, 15) is 0 Å². The standard InChI is InChI=1S/C18H16Cl2N4/c1-4-13(7-11(2)19)10-24-12(3)17(18(22)23-24)14-5-6-15(9-21)16(20)8-14/h4-8H,1-2,10H2,3H3,(H2,22,23)/b13-7+. The van der Waals surface area contributed by atoms with Gasteiger partial charge in [0.1, 0.15) is 6.07 Å². The van der Waals surface area contributed by atoms with Crippen molar-refractivity contribution in [2.24, 2.45) is 0 Å². The number of nitrogen functional groups attached to an aromatic ring is 1. The largest absolute Gasteiger partial charge is 0.382 e. The topological polar surface area (TPSA) is 67.6 Å². The zero-order valence-corrected chi connectivity index (χ0v) is 14.7. The zero-order valence-electron chi connectivity index (χ0n) is 13.2. The van der Waals surface area contributed by atoms with Crippen molar-refractivity contribution in [3.8, 4) is 17.2 Å². The second kappa shape index (κ2) is 7.39. The molecule has 2 N–H and O–H groups in total. The van der Waals surface area contributed by atoms with E-state index in [0.717, 1.165) is 22.4 Å². The number of anilines is 1. The lowest BCUT2D eigenvalue weighted by molar-refractivity contribution is 0.668. The van der Waals surface area contributed by atoms with E-state index in [0.29, 0.717) is 28.0 Å². The summed E-state index contributed by atoms with van der Waals surface area (Å²) in [5.74, 6) is 0.390. The molecule has 0 saturated carbocycles. The van der Waals surface area contributed by atoms with Crippen LogP contribution in [0.4, 0.5) is 5.82 Å². The summed E-state index contributed by atoms with van der Waals surface area (Å²) >= 11 is 11.9. The molecule has 2 rings (SSSR count). The molecule has 2 aromatic rings. The first kappa shape index (κ1) is 17.9. The molecule has 0 atom stereocenters. The number of hydrogen-bond acceptors (Lipinski definition) is 3. The first-order valence-electron chi connectivity index (χ1n) is 7.07. The van der Waals surface area contributed by atoms with Crippen molar-refractivity contribution in [2.75, 3.05) is 5.73 Å². The van der Waals surface area contributed by atoms with Crippen LogP contribution in [-0.2, 0) is 6.54 Å². The summed E-state index contributed by atoms with van der Waals surface area (Å²) in [5, 5.41) is 14.2. The second-order valence-corrected chi connectivity index (χ2v) is 6.07. The van der Waals surface area contributed by atoms with E-state index in [4.69, 9.17) is 34.2 Å². The van der Waals surface area contributed by atoms with Gasteiger partial charge in [0.05, 0.1) is 17.1 Å². The molecule has 0 aliphatic rings. The smallest absolute Gasteiger partial charge is 0.153 e. The van der Waals surface area contributed by atoms with Gasteiger partial charge in [0.25, 0.3) is 0 Å². The minimum Gasteiger partial charge on any atom is -0.382 e. The lowest BCUT2D eigenvalue weighted by Gasteiger charge is -2.07. The van der Waals surface area contributed by atoms with Gasteiger partial charge < -0.3 is 5.73 Å². The maximum absolute atomic E-state index is 8.98. The molecule has 122 valence electrons. The molecule has 0 saturated heterocycles. The molecule has 6 heteroatoms. The number of allylic oxidation sites excluding steroid dienone is 4. The first-order chi connectivity index (χ1) is 11.4. The maximum Gasteiger partial charge on any atom is 0.153 e. The Morgan fingerprint density at radius 3 is 2.75 bits per heavy atom. The quantitative estimate of drug-likeness (QED) is 0.778. The Balaban J connectivity index is 2.46. The molecule has 1 aromatic carbocycles. The van der Waals surface area contributed by atoms with Gasteiger partial charge in [-0.15, -0.1) is 0 Å². The van der Waals surface area contributed by atoms with E-state index in [1.807, 2.05) is 13.0 Å². The molecule has 1 aromatic heterocycles. The Morgan fingerprint density at radius 1 is 1.50 bits per heavy atom. The number of hydrogen-bond donors (Lipinski definition) is 1. The Labute approximate surface area is 151 Å². The molecule has 0 spiro atoms. The van der Waals surface area contributed by atoms with Gasteiger partial charge in [0, 0.05) is 16.3 Å². The number of nitrogens with two attached hydrogens (primary N) is 1. The summed E-state index contributed by atoms with van der Waals surface area (Å²) in [7, 11) is 0. The Bertz CT molecular complexity index is 885. The third kappa shape index (κ3) is 3.70. The van der Waals surface area contributed by atoms with E-state index in [1.165, 1.54) is 0 Å². The molecule has 0 bridgehead atoms. The minimum atomic E-state index is 0.381. The predicted octanol–water partition coefficient (Wildman–Crippen LogP) is 4.83. The zero-order chi connectivity index (χ0) is 17.9. The SMILES string of the molecule is C=C/C(=C\C(=C)Cl)Cn1nc(N)c(-c2ccc(C#N)c(Cl)c2)c1C. The number of halogens is 2. The van der Waals surface area contributed by atoms with Crippen LogP contribution in [0.25, 0.3) is 11.1 Å². The highest BCUT2D eigenvalue weighted by molar-refractivity contribution is 6.32. The van der Waals surface area contributed by atoms with Crippen LogP contribution in [0, 0.1) is 18.3 Å². The van der Waals surface area contributed by atoms with Crippen LogP contribution >= 0.6 is 23.2 Å². The Morgan fingerprint density at radius 2 is 2.21 bits per heavy atom. The monoisotopic (exact) mass is 358 g/mol. The second-order valence-electron chi connectivity index (χ2n) is 5.18. The fourth-order valence-corrected chi connectivity index (χ4v) is 2.75. The summed E-state index contributed by atoms with van der Waals surface area (Å²) in [5.41, 5.74) is 9.84. The number of nitriles is 1. The van der Waals surface area contributed by atoms with Crippen LogP contribution < -0.4 is 5.73 Å². The molecule has 4 nitrogen and oxygen atoms in total. The Kier molecular flexibility index (Phi) is 5.50. The molecule has 24 heavy (non-hydrogen) atoms. The molecule has 1 heterocycles. The van der Waals surface area contributed by atoms with Crippen LogP contribution in [0.3, 0.4) is 0 Å². The van der Waals surface area contributed by atoms with E-state index in [2.05, 4.69) is 18.3 Å². The number of benzene rings is 1. The van der Waals surface area contributed by atoms with Gasteiger partial charge in [-0.3, -0.25) is 4.68 Å². The predicted molar refractivity (Wildman–Crippen MR) is 99.8 cm³/mol. The third-order valence-corrected chi connectivity index (χ3v) is 3.97. The number of rotatable bonds is 5. The van der Waals surface area contributed by atoms with Crippen molar-refractivity contribution in [2.45, 2.75) is 13.5 Å². The molecule has 0 unspecified atom stereocenters. The van der Waals surface area contributed by atoms with Gasteiger partial charge in [-0.05, 0) is 36.3 Å². The molecule has 0 fully saturated rings. The van der Waals surface area contributed by atoms with Crippen LogP contribution in [0.1, 0.15) is 11.3 Å². The normalized spacial score (nSPS) is 11.2. The molecule has 0 radical (unpaired) electrons. The summed E-state index contributed by atoms with van der Waals surface area (Å²) in [4.78, 5) is 0. The summed E-state index contributed by atoms with van der Waals surface area (Å²) in [6.45, 7) is 9.80. The van der Waals surface area contributed by atoms with Crippen molar-refractivity contribution in [1.82, 2.24) is 9.78 Å². The van der Waals surface area contributed by atoms with Gasteiger partial charge in [-0.2, -0.15) is 10.4 Å². The van der Waals surface area contributed by atoms with Crippen molar-refractivity contribution >= 4 is 29.0 Å². The van der Waals surface area contributed by atoms with Gasteiger partial charge in [0.2, 0.25) is 0 Å². The number of aromatic nitrogens is 2. The van der Waals surface area contributed by atoms with Gasteiger partial charge in [-0.1, -0.05) is 48.5 Å². The van der Waals surface area contributed by atoms with Gasteiger partial charge >= 0.3 is 0 Å². The van der Waals surface area contributed by atoms with E-state index < -0.39 is 0 Å². The van der Waals surface area contributed by atoms with Gasteiger partial charge in [-0.25, -0.2) is 0 Å². The van der Waals surface area contributed by atoms with Crippen molar-refractivity contribution in [1.29, 1.82) is 5.26 Å². The molecular formula is C18H16Cl2N4. The third-order valence-electron chi connectivity index (χ3n) is 3.55. The Hall–Kier alpha value is -2.48. The van der Waals surface area contributed by atoms with E-state index in [-0.39, 0.29) is 0 Å². The van der Waals surface area contributed by atoms with Crippen molar-refractivity contribution < 1.29 is 0 Å². The minimum absolute atomic E-state index is 0.381. The highest BCUT2D eigenvalue weighted by atomic mass is 35.5. The summed E-state index contributed by atoms with van der Waals surface area (Å²) in [6, 6.07) is 7.23. The van der Waals surface area contributed by atoms with Crippen molar-refractivity contribution in [3.05, 3.63) is 70.4 Å². The molecule has 0 aliphatic heterocycles. The van der Waals surface area contributed by atoms with Crippen LogP contribution in [0.15, 0.2) is 54.1 Å². The van der Waals surface area contributed by atoms with Gasteiger partial charge in [0.15, 0.2) is 5.82 Å². The fraction of sp³-hybridized carbons (Fsp3) is 0.111. The van der Waals surface area contributed by atoms with E-state index in [1.54, 1.807) is 35.0 Å². The lowest BCUT2D eigenvalue weighted by Crippen LogP contribution is -2.04. The summed E-state index contributed by atoms with van der Waals surface area (Å²) in [6.07, 6.45) is 3.42. The molecular weight excluding hydrogens is 343 g/mol. The van der Waals surface area contributed by atoms with Crippen LogP contribution in [0.5, 0.6) is 0 Å². The fourth-order valence-electron chi connectivity index (χ4n) is 2.38. The summed E-state index contributed by atoms with van der Waals surface area (Å²) < 4.78 is 1.77. The molecule has 0 aliphatic carbocycles. The highest BCUT2D eigenvalue weighted by Crippen LogP contribution is 2.32. The highest BCUT2D eigenvalue weighted by Gasteiger charge is 2.16. The number of nitrogens with zero attached hydrogens (tertiary/aromatic N) is 3. The van der Waals surface area contributed by atoms with Crippen molar-refractivity contribution in [3.63, 3.8) is 0 Å². The van der Waals surface area contributed by atoms with Crippen LogP contribution in [-0.4, -0.2) is 9.78 Å². The maximum atomic E-state index is 8.98. The van der Waals surface area contributed by atoms with E-state index >= 15 is 0 Å². The van der Waals surface area contributed by atoms with Crippen LogP contribution in [0.2, 0.25) is 5.02 Å². The average molecular weight is 359 g/mol. The lowest BCUT2D eigenvalue weighted by atomic mass is 10.0. The first-order valence-corrected chi connectivity index (χ1v) is 7.83. The molecule has 0 amide bonds.